The molecule has 11 heavy (non-hydrogen) atoms. The van der Waals surface area contributed by atoms with Gasteiger partial charge in [0.1, 0.15) is 0 Å². The normalized spacial score (nSPS) is 20.4. The summed E-state index contributed by atoms with van der Waals surface area (Å²) in [6, 6.07) is -0.128. The molecule has 0 saturated carbocycles. The molecular formula is C8H12N2O. The first-order chi connectivity index (χ1) is 5.25. The molecule has 1 atom stereocenters. The smallest absolute Gasteiger partial charge is 0.318 e. The molecule has 0 radical (unpaired) electrons. The molecule has 1 rings (SSSR count). The Kier molecular flexibility index (Phi) is 2.37. The van der Waals surface area contributed by atoms with E-state index in [1.807, 2.05) is 6.92 Å². The fraction of sp³-hybridized carbons (Fsp3) is 0.625. The van der Waals surface area contributed by atoms with Crippen molar-refractivity contribution in [3.63, 3.8) is 0 Å². The summed E-state index contributed by atoms with van der Waals surface area (Å²) in [7, 11) is 0. The minimum Gasteiger partial charge on any atom is -0.338 e. The second-order valence-electron chi connectivity index (χ2n) is 2.62. The molecule has 1 heterocycles. The van der Waals surface area contributed by atoms with Gasteiger partial charge in [0.05, 0.1) is 6.04 Å². The molecule has 0 aromatic heterocycles. The van der Waals surface area contributed by atoms with Gasteiger partial charge in [-0.1, -0.05) is 5.92 Å². The van der Waals surface area contributed by atoms with Gasteiger partial charge in [0.25, 0.3) is 0 Å². The monoisotopic (exact) mass is 152 g/mol. The fourth-order valence-corrected chi connectivity index (χ4v) is 1.11. The lowest BCUT2D eigenvalue weighted by molar-refractivity contribution is 0.178. The Hall–Kier alpha value is -1.17. The van der Waals surface area contributed by atoms with Gasteiger partial charge in [-0.25, -0.2) is 4.79 Å². The summed E-state index contributed by atoms with van der Waals surface area (Å²) in [5.74, 6) is 2.53. The number of nitrogens with one attached hydrogen (secondary N) is 1. The second kappa shape index (κ2) is 3.29. The van der Waals surface area contributed by atoms with Gasteiger partial charge < -0.3 is 10.2 Å². The average Bonchev–Trinajstić information content (AvgIpc) is 2.04. The first kappa shape index (κ1) is 7.93. The Morgan fingerprint density at radius 2 is 2.55 bits per heavy atom. The number of nitrogens with zero attached hydrogens (tertiary/aromatic N) is 1. The van der Waals surface area contributed by atoms with Crippen LogP contribution in [0.1, 0.15) is 13.3 Å². The molecule has 0 bridgehead atoms. The number of terminal acetylenes is 1. The summed E-state index contributed by atoms with van der Waals surface area (Å²) in [6.45, 7) is 3.40. The summed E-state index contributed by atoms with van der Waals surface area (Å²) < 4.78 is 0. The first-order valence-corrected chi connectivity index (χ1v) is 3.76. The number of urea groups is 1. The lowest BCUT2D eigenvalue weighted by Gasteiger charge is -2.29. The van der Waals surface area contributed by atoms with Crippen molar-refractivity contribution < 1.29 is 4.79 Å². The maximum atomic E-state index is 11.1. The third kappa shape index (κ3) is 1.64. The zero-order valence-electron chi connectivity index (χ0n) is 6.63. The van der Waals surface area contributed by atoms with Gasteiger partial charge in [-0.3, -0.25) is 0 Å². The van der Waals surface area contributed by atoms with Crippen molar-refractivity contribution in [1.82, 2.24) is 10.2 Å². The summed E-state index contributed by atoms with van der Waals surface area (Å²) in [4.78, 5) is 12.8. The van der Waals surface area contributed by atoms with Crippen LogP contribution in [0.25, 0.3) is 0 Å². The number of hydrogen-bond acceptors (Lipinski definition) is 1. The molecule has 1 aliphatic heterocycles. The van der Waals surface area contributed by atoms with Gasteiger partial charge in [-0.05, 0) is 13.3 Å². The van der Waals surface area contributed by atoms with E-state index in [-0.39, 0.29) is 12.1 Å². The van der Waals surface area contributed by atoms with E-state index >= 15 is 0 Å². The Bertz CT molecular complexity index is 195. The van der Waals surface area contributed by atoms with Gasteiger partial charge in [-0.15, -0.1) is 6.42 Å². The van der Waals surface area contributed by atoms with Crippen LogP contribution >= 0.6 is 0 Å². The van der Waals surface area contributed by atoms with Gasteiger partial charge in [0.2, 0.25) is 0 Å². The highest BCUT2D eigenvalue weighted by molar-refractivity contribution is 5.75. The van der Waals surface area contributed by atoms with E-state index in [0.717, 1.165) is 19.5 Å². The van der Waals surface area contributed by atoms with E-state index in [9.17, 15) is 4.79 Å². The Labute approximate surface area is 66.8 Å². The van der Waals surface area contributed by atoms with Gasteiger partial charge >= 0.3 is 6.03 Å². The SMILES string of the molecule is C#CC(C)N1CCCNC1=O. The maximum absolute atomic E-state index is 11.1. The summed E-state index contributed by atoms with van der Waals surface area (Å²) in [5.41, 5.74) is 0. The highest BCUT2D eigenvalue weighted by Gasteiger charge is 2.20. The number of hydrogen-bond donors (Lipinski definition) is 1. The molecule has 0 aromatic carbocycles. The number of carbonyl (C=O) groups is 1. The molecule has 0 aromatic rings. The van der Waals surface area contributed by atoms with Crippen molar-refractivity contribution >= 4 is 6.03 Å². The molecule has 2 amide bonds. The first-order valence-electron chi connectivity index (χ1n) is 3.76. The van der Waals surface area contributed by atoms with E-state index < -0.39 is 0 Å². The van der Waals surface area contributed by atoms with Gasteiger partial charge in [-0.2, -0.15) is 0 Å². The molecule has 3 nitrogen and oxygen atoms in total. The van der Waals surface area contributed by atoms with Crippen LogP contribution in [-0.2, 0) is 0 Å². The third-order valence-corrected chi connectivity index (χ3v) is 1.82. The van der Waals surface area contributed by atoms with Crippen LogP contribution < -0.4 is 5.32 Å². The molecule has 1 N–H and O–H groups in total. The van der Waals surface area contributed by atoms with Crippen LogP contribution in [0.2, 0.25) is 0 Å². The van der Waals surface area contributed by atoms with E-state index in [2.05, 4.69) is 11.2 Å². The van der Waals surface area contributed by atoms with Gasteiger partial charge in [0.15, 0.2) is 0 Å². The lowest BCUT2D eigenvalue weighted by atomic mass is 10.2. The topological polar surface area (TPSA) is 32.3 Å². The van der Waals surface area contributed by atoms with E-state index in [4.69, 9.17) is 6.42 Å². The largest absolute Gasteiger partial charge is 0.338 e. The van der Waals surface area contributed by atoms with Crippen LogP contribution in [0.15, 0.2) is 0 Å². The van der Waals surface area contributed by atoms with Crippen LogP contribution in [0, 0.1) is 12.3 Å². The number of amides is 2. The van der Waals surface area contributed by atoms with Crippen molar-refractivity contribution in [2.24, 2.45) is 0 Å². The zero-order valence-corrected chi connectivity index (χ0v) is 6.63. The molecule has 3 heteroatoms. The predicted octanol–water partition coefficient (Wildman–Crippen LogP) is 0.423. The van der Waals surface area contributed by atoms with Crippen molar-refractivity contribution in [3.8, 4) is 12.3 Å². The van der Waals surface area contributed by atoms with Crippen molar-refractivity contribution in [3.05, 3.63) is 0 Å². The standard InChI is InChI=1S/C8H12N2O/c1-3-7(2)10-6-4-5-9-8(10)11/h1,7H,4-6H2,2H3,(H,9,11). The van der Waals surface area contributed by atoms with Crippen LogP contribution in [-0.4, -0.2) is 30.1 Å². The molecule has 0 spiro atoms. The molecule has 60 valence electrons. The van der Waals surface area contributed by atoms with Gasteiger partial charge in [0, 0.05) is 13.1 Å². The number of rotatable bonds is 1. The lowest BCUT2D eigenvalue weighted by Crippen LogP contribution is -2.49. The number of carbonyl (C=O) groups excluding carboxylic acids is 1. The average molecular weight is 152 g/mol. The summed E-state index contributed by atoms with van der Waals surface area (Å²) >= 11 is 0. The quantitative estimate of drug-likeness (QED) is 0.543. The Morgan fingerprint density at radius 1 is 1.82 bits per heavy atom. The predicted molar refractivity (Wildman–Crippen MR) is 43.0 cm³/mol. The highest BCUT2D eigenvalue weighted by atomic mass is 16.2. The van der Waals surface area contributed by atoms with Crippen molar-refractivity contribution in [2.75, 3.05) is 13.1 Å². The van der Waals surface area contributed by atoms with Crippen molar-refractivity contribution in [2.45, 2.75) is 19.4 Å². The van der Waals surface area contributed by atoms with E-state index in [1.165, 1.54) is 0 Å². The summed E-state index contributed by atoms with van der Waals surface area (Å²) in [5, 5.41) is 2.74. The molecule has 1 aliphatic rings. The van der Waals surface area contributed by atoms with Crippen molar-refractivity contribution in [1.29, 1.82) is 0 Å². The molecular weight excluding hydrogens is 140 g/mol. The van der Waals surface area contributed by atoms with E-state index in [0.29, 0.717) is 0 Å². The second-order valence-corrected chi connectivity index (χ2v) is 2.62. The van der Waals surface area contributed by atoms with Crippen LogP contribution in [0.3, 0.4) is 0 Å². The molecule has 1 saturated heterocycles. The van der Waals surface area contributed by atoms with Crippen LogP contribution in [0.4, 0.5) is 4.79 Å². The fourth-order valence-electron chi connectivity index (χ4n) is 1.11. The third-order valence-electron chi connectivity index (χ3n) is 1.82. The highest BCUT2D eigenvalue weighted by Crippen LogP contribution is 2.03. The molecule has 1 fully saturated rings. The summed E-state index contributed by atoms with van der Waals surface area (Å²) in [6.07, 6.45) is 6.18. The maximum Gasteiger partial charge on any atom is 0.318 e. The minimum atomic E-state index is -0.0877. The Morgan fingerprint density at radius 3 is 3.09 bits per heavy atom. The van der Waals surface area contributed by atoms with Crippen LogP contribution in [0.5, 0.6) is 0 Å². The zero-order chi connectivity index (χ0) is 8.27. The molecule has 1 unspecified atom stereocenters. The van der Waals surface area contributed by atoms with E-state index in [1.54, 1.807) is 4.90 Å². The minimum absolute atomic E-state index is 0.0401. The molecule has 0 aliphatic carbocycles. The Balaban J connectivity index is 2.56.